The zero-order valence-electron chi connectivity index (χ0n) is 83.5. The molecule has 0 aliphatic heterocycles. The number of halogens is 7. The van der Waals surface area contributed by atoms with Crippen LogP contribution in [0.4, 0.5) is 17.6 Å². The summed E-state index contributed by atoms with van der Waals surface area (Å²) in [6, 6.07) is 53.3. The topological polar surface area (TPSA) is 263 Å². The number of hydrogen-bond acceptors (Lipinski definition) is 20. The normalized spacial score (nSPS) is 11.0. The Balaban J connectivity index is 0.000000308. The van der Waals surface area contributed by atoms with Crippen LogP contribution in [-0.4, -0.2) is 117 Å². The van der Waals surface area contributed by atoms with Crippen molar-refractivity contribution in [3.8, 4) is 44.5 Å². The molecule has 0 saturated heterocycles. The maximum atomic E-state index is 15.1. The molecule has 29 heteroatoms. The molecule has 0 bridgehead atoms. The molecule has 752 valence electrons. The van der Waals surface area contributed by atoms with Gasteiger partial charge in [0, 0.05) is 43.1 Å². The van der Waals surface area contributed by atoms with Crippen molar-refractivity contribution < 1.29 is 128 Å². The SMILES string of the molecule is C.CCCc1oc(C(=O)OC)cc1Cc1ccc(-c2ccccc2C(=O)OC(C)(C)C)cc1F.CC[CH2][Sn]([CH2]CC)([CH2]CC)[CH2]CC.COC(=O)c1cc(Br)co1.COC(=O)c1cc(Cc2ccc(-c3ccccc3C(=O)OC(C)(C)C)cc2F)c(Br)o1.COC(=O)c1cc(Cc2ccc(-c3ccccc3C(=O)OC(C)(C)C)cc2F)co1.[CH2-]c1ccc(-c2ccccc2C(=O)OC(C)(C)C)cc1F.[Zn+][Br]. The van der Waals surface area contributed by atoms with Gasteiger partial charge < -0.3 is 55.6 Å². The molecule has 20 nitrogen and oxygen atoms in total. The number of esters is 8. The number of furan rings is 4. The summed E-state index contributed by atoms with van der Waals surface area (Å²) in [6.45, 7) is 36.7. The summed E-state index contributed by atoms with van der Waals surface area (Å²) in [5.74, 6) is -4.64. The molecule has 0 atom stereocenters. The zero-order valence-corrected chi connectivity index (χ0v) is 94.1. The molecule has 8 aromatic carbocycles. The Labute approximate surface area is 864 Å². The van der Waals surface area contributed by atoms with Crippen molar-refractivity contribution in [3.63, 3.8) is 0 Å². The van der Waals surface area contributed by atoms with E-state index in [-0.39, 0.29) is 49.7 Å². The number of benzene rings is 8. The molecule has 12 rings (SSSR count). The van der Waals surface area contributed by atoms with Gasteiger partial charge in [0.15, 0.2) is 4.67 Å². The number of aryl methyl sites for hydroxylation is 1. The molecule has 4 aromatic heterocycles. The van der Waals surface area contributed by atoms with Crippen LogP contribution in [-0.2, 0) is 79.9 Å². The van der Waals surface area contributed by atoms with E-state index in [1.54, 1.807) is 238 Å². The number of methoxy groups -OCH3 is 4. The fourth-order valence-corrected chi connectivity index (χ4v) is 32.1. The Morgan fingerprint density at radius 3 is 0.957 bits per heavy atom. The van der Waals surface area contributed by atoms with Crippen molar-refractivity contribution >= 4 is 112 Å². The van der Waals surface area contributed by atoms with Gasteiger partial charge in [0.2, 0.25) is 23.0 Å². The van der Waals surface area contributed by atoms with Gasteiger partial charge >= 0.3 is 167 Å². The fourth-order valence-electron chi connectivity index (χ4n) is 15.0. The van der Waals surface area contributed by atoms with Crippen LogP contribution in [0.25, 0.3) is 44.5 Å². The standard InChI is InChI=1S/C27H29FO5.C24H22BrFO5.C24H23FO5.C18H18FO2.C6H5BrO3.4C3H7.CH4.BrH.Sn.Zn/c1-6-9-23-19(16-24(32-23)26(30)31-5)14-18-13-12-17(15-22(18)28)20-10-7-8-11-21(20)25(29)33-27(2,3)4;1-24(2,3)31-22(27)18-8-6-5-7-17(18)14-9-10-15(19(26)12-14)11-16-13-20(23(28)29-4)30-21(16)25;1-24(2,3)30-22(26)19-8-6-5-7-18(19)16-9-10-17(20(25)13-16)11-15-12-21(29-14-15)23(27)28-4;1-12-9-10-13(11-16(12)19)14-7-5-6-8-15(14)17(20)21-18(2,3)4;1-9-6(8)5-2-4(7)3-10-5;4*1-3-2;;;;/h7-8,10-13,15-16H,6,9,14H2,1-5H3;5-10,12-13H,11H2,1-4H3;5-10,12-14H,11H2,1-4H3;5-11H,1H2,2-4H3;2-3H,1H3;4*1,3H2,2H3;1H4;1H;;/q;;;-1;;;;;;;;;+2/p-1. The van der Waals surface area contributed by atoms with Gasteiger partial charge in [-0.3, -0.25) is 4.39 Å². The maximum absolute atomic E-state index is 15.1. The fraction of sp³-hybridized carbons (Fsp3) is 0.348. The van der Waals surface area contributed by atoms with E-state index in [1.807, 2.05) is 27.7 Å². The summed E-state index contributed by atoms with van der Waals surface area (Å²) >= 11 is 9.07. The summed E-state index contributed by atoms with van der Waals surface area (Å²) < 4.78 is 127. The minimum absolute atomic E-state index is 0. The molecule has 0 amide bonds. The van der Waals surface area contributed by atoms with E-state index >= 15 is 4.39 Å². The van der Waals surface area contributed by atoms with Gasteiger partial charge in [-0.25, -0.2) is 51.5 Å². The Morgan fingerprint density at radius 2 is 0.645 bits per heavy atom. The number of rotatable bonds is 28. The predicted octanol–water partition coefficient (Wildman–Crippen LogP) is 31.0. The van der Waals surface area contributed by atoms with Crippen molar-refractivity contribution in [3.05, 3.63) is 336 Å². The average Bonchev–Trinajstić information content (AvgIpc) is 1.49. The van der Waals surface area contributed by atoms with Gasteiger partial charge in [-0.2, -0.15) is 18.6 Å². The first-order chi connectivity index (χ1) is 66.1. The summed E-state index contributed by atoms with van der Waals surface area (Å²) in [6.07, 6.45) is 10.8. The summed E-state index contributed by atoms with van der Waals surface area (Å²) in [4.78, 5) is 95.8. The van der Waals surface area contributed by atoms with E-state index in [0.29, 0.717) is 117 Å². The average molecular weight is 2300 g/mol. The third kappa shape index (κ3) is 38.1. The minimum atomic E-state index is -1.56. The van der Waals surface area contributed by atoms with Crippen LogP contribution in [0.15, 0.2) is 233 Å². The van der Waals surface area contributed by atoms with E-state index in [0.717, 1.165) is 16.5 Å². The first kappa shape index (κ1) is 121. The Bertz CT molecular complexity index is 6110. The van der Waals surface area contributed by atoms with Crippen molar-refractivity contribution in [1.82, 2.24) is 0 Å². The second kappa shape index (κ2) is 57.4. The van der Waals surface area contributed by atoms with Crippen molar-refractivity contribution in [2.45, 2.75) is 223 Å². The van der Waals surface area contributed by atoms with Crippen molar-refractivity contribution in [2.24, 2.45) is 0 Å². The number of carbonyl (C=O) groups excluding carboxylic acids is 8. The molecule has 0 fully saturated rings. The number of hydrogen-bond donors (Lipinski definition) is 0. The Kier molecular flexibility index (Phi) is 49.1. The second-order valence-electron chi connectivity index (χ2n) is 36.6. The summed E-state index contributed by atoms with van der Waals surface area (Å²) in [5.41, 5.74) is 7.45. The Morgan fingerprint density at radius 1 is 0.348 bits per heavy atom. The summed E-state index contributed by atoms with van der Waals surface area (Å²) in [7, 11) is 5.11. The van der Waals surface area contributed by atoms with Gasteiger partial charge in [-0.15, -0.1) is 6.07 Å². The predicted molar refractivity (Wildman–Crippen MR) is 552 cm³/mol. The molecular formula is C112H129Br3F4O20SnZn. The van der Waals surface area contributed by atoms with Gasteiger partial charge in [-0.05, 0) is 254 Å². The number of ether oxygens (including phenoxy) is 8. The molecule has 0 unspecified atom stereocenters. The van der Waals surface area contributed by atoms with Crippen LogP contribution in [0.5, 0.6) is 0 Å². The van der Waals surface area contributed by atoms with E-state index in [9.17, 15) is 51.5 Å². The van der Waals surface area contributed by atoms with Crippen LogP contribution >= 0.6 is 45.5 Å². The van der Waals surface area contributed by atoms with E-state index in [2.05, 4.69) is 94.3 Å². The van der Waals surface area contributed by atoms with Crippen molar-refractivity contribution in [2.75, 3.05) is 28.4 Å². The van der Waals surface area contributed by atoms with Crippen LogP contribution in [0.1, 0.15) is 286 Å². The van der Waals surface area contributed by atoms with Crippen LogP contribution < -0.4 is 0 Å². The van der Waals surface area contributed by atoms with Crippen LogP contribution in [0, 0.1) is 30.2 Å². The molecule has 4 heterocycles. The molecule has 0 spiro atoms. The molecule has 0 aliphatic carbocycles. The quantitative estimate of drug-likeness (QED) is 0.0145. The first-order valence-corrected chi connectivity index (χ1v) is 62.3. The van der Waals surface area contributed by atoms with Crippen LogP contribution in [0.3, 0.4) is 0 Å². The van der Waals surface area contributed by atoms with E-state index < -0.39 is 112 Å². The third-order valence-electron chi connectivity index (χ3n) is 20.8. The monoisotopic (exact) mass is 2290 g/mol. The molecule has 0 aliphatic rings. The van der Waals surface area contributed by atoms with Gasteiger partial charge in [0.1, 0.15) is 51.9 Å². The Hall–Kier alpha value is -10.9. The zero-order chi connectivity index (χ0) is 104. The summed E-state index contributed by atoms with van der Waals surface area (Å²) in [5, 5.41) is 0. The first-order valence-electron chi connectivity index (χ1n) is 45.7. The molecule has 141 heavy (non-hydrogen) atoms. The second-order valence-corrected chi connectivity index (χ2v) is 52.5. The van der Waals surface area contributed by atoms with E-state index in [1.165, 1.54) is 119 Å². The van der Waals surface area contributed by atoms with Crippen molar-refractivity contribution in [1.29, 1.82) is 0 Å². The number of carbonyl (C=O) groups is 8. The van der Waals surface area contributed by atoms with Gasteiger partial charge in [0.05, 0.1) is 61.4 Å². The van der Waals surface area contributed by atoms with Gasteiger partial charge in [0.25, 0.3) is 0 Å². The molecule has 12 aromatic rings. The molecule has 0 N–H and O–H groups in total. The molecule has 0 radical (unpaired) electrons. The van der Waals surface area contributed by atoms with Gasteiger partial charge in [-0.1, -0.05) is 130 Å². The molecule has 0 saturated carbocycles. The molecular weight excluding hydrogens is 2170 g/mol. The van der Waals surface area contributed by atoms with Crippen LogP contribution in [0.2, 0.25) is 17.7 Å². The third-order valence-corrected chi connectivity index (χ3v) is 39.7. The van der Waals surface area contributed by atoms with E-state index in [4.69, 9.17) is 41.4 Å².